The van der Waals surface area contributed by atoms with Gasteiger partial charge >= 0.3 is 0 Å². The second-order valence-electron chi connectivity index (χ2n) is 8.78. The zero-order chi connectivity index (χ0) is 18.4. The molecule has 0 aliphatic heterocycles. The van der Waals surface area contributed by atoms with Gasteiger partial charge in [0.1, 0.15) is 0 Å². The Balaban J connectivity index is 1.47. The van der Waals surface area contributed by atoms with Gasteiger partial charge in [-0.15, -0.1) is 0 Å². The van der Waals surface area contributed by atoms with Crippen LogP contribution in [-0.4, -0.2) is 21.7 Å². The highest BCUT2D eigenvalue weighted by Crippen LogP contribution is 2.39. The number of rotatable bonds is 6. The summed E-state index contributed by atoms with van der Waals surface area (Å²) >= 11 is 0. The first-order valence-corrected chi connectivity index (χ1v) is 10.5. The Morgan fingerprint density at radius 3 is 2.67 bits per heavy atom. The van der Waals surface area contributed by atoms with Gasteiger partial charge in [0.05, 0.1) is 22.9 Å². The van der Waals surface area contributed by atoms with Crippen LogP contribution in [0.5, 0.6) is 0 Å². The Hall–Kier alpha value is -2.23. The molecule has 2 N–H and O–H groups in total. The van der Waals surface area contributed by atoms with Crippen LogP contribution in [0, 0.1) is 17.2 Å². The highest BCUT2D eigenvalue weighted by Gasteiger charge is 2.31. The smallest absolute Gasteiger partial charge is 0.0925 e. The van der Waals surface area contributed by atoms with Crippen molar-refractivity contribution in [1.82, 2.24) is 15.3 Å². The van der Waals surface area contributed by atoms with E-state index in [1.54, 1.807) is 0 Å². The van der Waals surface area contributed by atoms with Crippen LogP contribution in [0.2, 0.25) is 0 Å². The second kappa shape index (κ2) is 6.74. The van der Waals surface area contributed by atoms with E-state index in [4.69, 9.17) is 15.4 Å². The molecule has 3 aliphatic rings. The predicted octanol–water partition coefficient (Wildman–Crippen LogP) is 5.06. The average molecular weight is 361 g/mol. The molecule has 0 unspecified atom stereocenters. The summed E-state index contributed by atoms with van der Waals surface area (Å²) in [5, 5.41) is 12.2. The summed E-state index contributed by atoms with van der Waals surface area (Å²) in [6.07, 6.45) is 12.5. The summed E-state index contributed by atoms with van der Waals surface area (Å²) in [4.78, 5) is 9.75. The lowest BCUT2D eigenvalue weighted by molar-refractivity contribution is 0.261. The standard InChI is InChI=1S/C23H28N4/c1-14-10-17(11-14)25-12-19(22(24)16-8-9-16)21-13-26-23-18(15-4-2-5-15)6-3-7-20(23)27-21/h3,6-7,12-17,24-25H,2,4-5,8-11H2,1H3/b19-12-,24-22?. The fourth-order valence-electron chi connectivity index (χ4n) is 4.36. The van der Waals surface area contributed by atoms with Gasteiger partial charge in [0.25, 0.3) is 0 Å². The number of aromatic nitrogens is 2. The molecular weight excluding hydrogens is 332 g/mol. The van der Waals surface area contributed by atoms with Gasteiger partial charge in [0.15, 0.2) is 0 Å². The molecule has 0 radical (unpaired) electrons. The Kier molecular flexibility index (Phi) is 4.22. The molecule has 1 heterocycles. The van der Waals surface area contributed by atoms with Gasteiger partial charge in [-0.1, -0.05) is 25.5 Å². The third-order valence-electron chi connectivity index (χ3n) is 6.54. The van der Waals surface area contributed by atoms with E-state index in [0.717, 1.165) is 46.8 Å². The molecule has 1 aromatic carbocycles. The molecule has 4 nitrogen and oxygen atoms in total. The Labute approximate surface area is 161 Å². The van der Waals surface area contributed by atoms with Crippen molar-refractivity contribution in [3.63, 3.8) is 0 Å². The summed E-state index contributed by atoms with van der Waals surface area (Å²) in [6, 6.07) is 6.93. The minimum atomic E-state index is 0.400. The number of nitrogens with zero attached hydrogens (tertiary/aromatic N) is 2. The number of hydrogen-bond acceptors (Lipinski definition) is 4. The third kappa shape index (κ3) is 3.26. The van der Waals surface area contributed by atoms with Crippen molar-refractivity contribution in [2.75, 3.05) is 0 Å². The van der Waals surface area contributed by atoms with Crippen LogP contribution in [0.1, 0.15) is 69.0 Å². The molecule has 0 amide bonds. The van der Waals surface area contributed by atoms with Crippen LogP contribution in [0.3, 0.4) is 0 Å². The first-order valence-electron chi connectivity index (χ1n) is 10.5. The van der Waals surface area contributed by atoms with Gasteiger partial charge in [-0.3, -0.25) is 4.98 Å². The number of allylic oxidation sites excluding steroid dienone is 1. The van der Waals surface area contributed by atoms with Crippen LogP contribution < -0.4 is 5.32 Å². The molecule has 0 saturated heterocycles. The van der Waals surface area contributed by atoms with Crippen molar-refractivity contribution >= 4 is 22.3 Å². The Morgan fingerprint density at radius 1 is 1.19 bits per heavy atom. The largest absolute Gasteiger partial charge is 0.388 e. The fraction of sp³-hybridized carbons (Fsp3) is 0.522. The molecule has 140 valence electrons. The lowest BCUT2D eigenvalue weighted by atomic mass is 9.79. The topological polar surface area (TPSA) is 61.7 Å². The summed E-state index contributed by atoms with van der Waals surface area (Å²) in [7, 11) is 0. The molecule has 27 heavy (non-hydrogen) atoms. The van der Waals surface area contributed by atoms with Crippen LogP contribution in [-0.2, 0) is 0 Å². The van der Waals surface area contributed by atoms with Crippen LogP contribution in [0.25, 0.3) is 16.6 Å². The second-order valence-corrected chi connectivity index (χ2v) is 8.78. The van der Waals surface area contributed by atoms with E-state index >= 15 is 0 Å². The number of benzene rings is 1. The maximum absolute atomic E-state index is 8.64. The number of fused-ring (bicyclic) bond motifs is 1. The van der Waals surface area contributed by atoms with E-state index < -0.39 is 0 Å². The number of para-hydroxylation sites is 1. The van der Waals surface area contributed by atoms with E-state index in [0.29, 0.717) is 17.9 Å². The van der Waals surface area contributed by atoms with Crippen molar-refractivity contribution in [1.29, 1.82) is 5.41 Å². The molecule has 2 aromatic rings. The molecule has 0 spiro atoms. The summed E-state index contributed by atoms with van der Waals surface area (Å²) < 4.78 is 0. The predicted molar refractivity (Wildman–Crippen MR) is 110 cm³/mol. The Bertz CT molecular complexity index is 902. The summed E-state index contributed by atoms with van der Waals surface area (Å²) in [6.45, 7) is 2.30. The molecule has 0 bridgehead atoms. The molecule has 3 fully saturated rings. The molecule has 3 aliphatic carbocycles. The molecule has 0 atom stereocenters. The van der Waals surface area contributed by atoms with Gasteiger partial charge < -0.3 is 10.7 Å². The van der Waals surface area contributed by atoms with Gasteiger partial charge in [-0.25, -0.2) is 4.98 Å². The van der Waals surface area contributed by atoms with E-state index in [2.05, 4.69) is 30.4 Å². The van der Waals surface area contributed by atoms with Crippen LogP contribution in [0.15, 0.2) is 30.6 Å². The minimum absolute atomic E-state index is 0.400. The van der Waals surface area contributed by atoms with Gasteiger partial charge in [-0.05, 0) is 62.0 Å². The van der Waals surface area contributed by atoms with Gasteiger partial charge in [0, 0.05) is 29.4 Å². The minimum Gasteiger partial charge on any atom is -0.388 e. The van der Waals surface area contributed by atoms with Crippen molar-refractivity contribution in [3.8, 4) is 0 Å². The maximum atomic E-state index is 8.64. The zero-order valence-corrected chi connectivity index (χ0v) is 16.0. The molecule has 4 heteroatoms. The molecular formula is C23H28N4. The van der Waals surface area contributed by atoms with E-state index in [1.165, 1.54) is 37.7 Å². The summed E-state index contributed by atoms with van der Waals surface area (Å²) in [5.74, 6) is 1.86. The van der Waals surface area contributed by atoms with Crippen molar-refractivity contribution < 1.29 is 0 Å². The first-order chi connectivity index (χ1) is 13.2. The van der Waals surface area contributed by atoms with Gasteiger partial charge in [-0.2, -0.15) is 0 Å². The molecule has 5 rings (SSSR count). The first kappa shape index (κ1) is 16.9. The van der Waals surface area contributed by atoms with Crippen molar-refractivity contribution in [3.05, 3.63) is 41.9 Å². The highest BCUT2D eigenvalue weighted by atomic mass is 14.9. The average Bonchev–Trinajstić information content (AvgIpc) is 3.43. The zero-order valence-electron chi connectivity index (χ0n) is 16.0. The fourth-order valence-corrected chi connectivity index (χ4v) is 4.36. The quantitative estimate of drug-likeness (QED) is 0.708. The van der Waals surface area contributed by atoms with Crippen molar-refractivity contribution in [2.24, 2.45) is 11.8 Å². The third-order valence-corrected chi connectivity index (χ3v) is 6.54. The Morgan fingerprint density at radius 2 is 2.00 bits per heavy atom. The highest BCUT2D eigenvalue weighted by molar-refractivity contribution is 6.23. The van der Waals surface area contributed by atoms with Crippen molar-refractivity contribution in [2.45, 2.75) is 63.8 Å². The molecule has 3 saturated carbocycles. The normalized spacial score (nSPS) is 25.7. The monoisotopic (exact) mass is 360 g/mol. The van der Waals surface area contributed by atoms with Crippen LogP contribution in [0.4, 0.5) is 0 Å². The number of nitrogens with one attached hydrogen (secondary N) is 2. The number of hydrogen-bond donors (Lipinski definition) is 2. The molecule has 1 aromatic heterocycles. The summed E-state index contributed by atoms with van der Waals surface area (Å²) in [5.41, 5.74) is 5.85. The lowest BCUT2D eigenvalue weighted by Gasteiger charge is -2.33. The maximum Gasteiger partial charge on any atom is 0.0925 e. The lowest BCUT2D eigenvalue weighted by Crippen LogP contribution is -2.37. The van der Waals surface area contributed by atoms with Gasteiger partial charge in [0.2, 0.25) is 0 Å². The van der Waals surface area contributed by atoms with E-state index in [9.17, 15) is 0 Å². The SMILES string of the molecule is CC1CC(N/C=C(\C(=N)C2CC2)c2cnc3c(C4CCC4)cccc3n2)C1. The van der Waals surface area contributed by atoms with E-state index in [1.807, 2.05) is 12.4 Å². The van der Waals surface area contributed by atoms with Crippen LogP contribution >= 0.6 is 0 Å². The van der Waals surface area contributed by atoms with E-state index in [-0.39, 0.29) is 0 Å².